The molecule has 0 heterocycles. The van der Waals surface area contributed by atoms with Crippen LogP contribution in [-0.2, 0) is 0 Å². The van der Waals surface area contributed by atoms with Crippen LogP contribution in [-0.4, -0.2) is 35.7 Å². The number of aliphatic hydroxyl groups excluding tert-OH is 1. The van der Waals surface area contributed by atoms with Crippen LogP contribution < -0.4 is 5.32 Å². The molecular formula is C15H21BrN2O2. The molecule has 0 aliphatic heterocycles. The first kappa shape index (κ1) is 15.3. The van der Waals surface area contributed by atoms with Crippen LogP contribution in [0.15, 0.2) is 22.7 Å². The van der Waals surface area contributed by atoms with Crippen LogP contribution in [0.2, 0.25) is 0 Å². The van der Waals surface area contributed by atoms with Crippen LogP contribution in [0.3, 0.4) is 0 Å². The Hall–Kier alpha value is -1.07. The molecule has 5 heteroatoms. The second-order valence-electron chi connectivity index (χ2n) is 5.55. The average Bonchev–Trinajstić information content (AvgIpc) is 2.78. The topological polar surface area (TPSA) is 52.6 Å². The number of carbonyl (C=O) groups is 1. The molecule has 2 unspecified atom stereocenters. The molecule has 2 atom stereocenters. The van der Waals surface area contributed by atoms with E-state index in [4.69, 9.17) is 0 Å². The second-order valence-corrected chi connectivity index (χ2v) is 6.41. The number of hydrogen-bond donors (Lipinski definition) is 2. The van der Waals surface area contributed by atoms with Gasteiger partial charge in [0.1, 0.15) is 0 Å². The molecule has 0 bridgehead atoms. The lowest BCUT2D eigenvalue weighted by Crippen LogP contribution is -2.37. The number of halogens is 1. The molecule has 0 saturated heterocycles. The highest BCUT2D eigenvalue weighted by Gasteiger charge is 2.27. The summed E-state index contributed by atoms with van der Waals surface area (Å²) in [6.45, 7) is 2.60. The van der Waals surface area contributed by atoms with E-state index < -0.39 is 0 Å². The number of carbonyl (C=O) groups excluding carboxylic acids is 1. The Bertz CT molecular complexity index is 493. The fraction of sp³-hybridized carbons (Fsp3) is 0.533. The third-order valence-electron chi connectivity index (χ3n) is 3.84. The van der Waals surface area contributed by atoms with Gasteiger partial charge in [-0.25, -0.2) is 4.79 Å². The molecule has 1 aromatic rings. The number of anilines is 1. The molecular weight excluding hydrogens is 320 g/mol. The van der Waals surface area contributed by atoms with E-state index in [1.165, 1.54) is 0 Å². The van der Waals surface area contributed by atoms with Gasteiger partial charge < -0.3 is 15.3 Å². The summed E-state index contributed by atoms with van der Waals surface area (Å²) in [6.07, 6.45) is 2.62. The lowest BCUT2D eigenvalue weighted by Gasteiger charge is -2.23. The van der Waals surface area contributed by atoms with Crippen LogP contribution in [0.5, 0.6) is 0 Å². The number of nitrogens with one attached hydrogen (secondary N) is 1. The number of benzene rings is 1. The summed E-state index contributed by atoms with van der Waals surface area (Å²) in [5, 5.41) is 12.7. The Morgan fingerprint density at radius 1 is 1.50 bits per heavy atom. The van der Waals surface area contributed by atoms with Gasteiger partial charge in [-0.15, -0.1) is 0 Å². The highest BCUT2D eigenvalue weighted by molar-refractivity contribution is 9.10. The van der Waals surface area contributed by atoms with E-state index in [1.807, 2.05) is 25.1 Å². The van der Waals surface area contributed by atoms with Crippen molar-refractivity contribution in [3.63, 3.8) is 0 Å². The predicted octanol–water partition coefficient (Wildman–Crippen LogP) is 3.38. The van der Waals surface area contributed by atoms with Gasteiger partial charge >= 0.3 is 6.03 Å². The average molecular weight is 341 g/mol. The summed E-state index contributed by atoms with van der Waals surface area (Å²) in [7, 11) is 1.77. The molecule has 1 fully saturated rings. The fourth-order valence-corrected chi connectivity index (χ4v) is 3.19. The van der Waals surface area contributed by atoms with Crippen molar-refractivity contribution in [1.29, 1.82) is 0 Å². The molecule has 20 heavy (non-hydrogen) atoms. The molecule has 0 radical (unpaired) electrons. The first-order chi connectivity index (χ1) is 9.47. The highest BCUT2D eigenvalue weighted by atomic mass is 79.9. The number of aliphatic hydroxyl groups is 1. The van der Waals surface area contributed by atoms with Crippen LogP contribution in [0.4, 0.5) is 10.5 Å². The van der Waals surface area contributed by atoms with Crippen molar-refractivity contribution in [3.05, 3.63) is 28.2 Å². The van der Waals surface area contributed by atoms with Crippen molar-refractivity contribution in [1.82, 2.24) is 4.90 Å². The van der Waals surface area contributed by atoms with Gasteiger partial charge in [-0.1, -0.05) is 12.5 Å². The van der Waals surface area contributed by atoms with Crippen molar-refractivity contribution < 1.29 is 9.90 Å². The highest BCUT2D eigenvalue weighted by Crippen LogP contribution is 2.27. The van der Waals surface area contributed by atoms with Gasteiger partial charge in [-0.3, -0.25) is 0 Å². The third-order valence-corrected chi connectivity index (χ3v) is 4.50. The van der Waals surface area contributed by atoms with Crippen LogP contribution in [0.25, 0.3) is 0 Å². The van der Waals surface area contributed by atoms with E-state index in [2.05, 4.69) is 21.2 Å². The Balaban J connectivity index is 1.93. The largest absolute Gasteiger partial charge is 0.393 e. The summed E-state index contributed by atoms with van der Waals surface area (Å²) in [5.41, 5.74) is 1.90. The predicted molar refractivity (Wildman–Crippen MR) is 83.9 cm³/mol. The lowest BCUT2D eigenvalue weighted by atomic mass is 10.1. The third kappa shape index (κ3) is 3.73. The summed E-state index contributed by atoms with van der Waals surface area (Å²) >= 11 is 3.45. The van der Waals surface area contributed by atoms with Crippen LogP contribution >= 0.6 is 15.9 Å². The summed E-state index contributed by atoms with van der Waals surface area (Å²) in [4.78, 5) is 13.8. The molecule has 0 spiro atoms. The maximum Gasteiger partial charge on any atom is 0.321 e. The Morgan fingerprint density at radius 2 is 2.25 bits per heavy atom. The van der Waals surface area contributed by atoms with Gasteiger partial charge in [0.2, 0.25) is 0 Å². The molecule has 2 amide bonds. The van der Waals surface area contributed by atoms with Crippen LogP contribution in [0, 0.1) is 12.8 Å². The van der Waals surface area contributed by atoms with E-state index in [0.29, 0.717) is 6.54 Å². The van der Waals surface area contributed by atoms with E-state index in [1.54, 1.807) is 11.9 Å². The van der Waals surface area contributed by atoms with E-state index >= 15 is 0 Å². The van der Waals surface area contributed by atoms with Gasteiger partial charge in [0, 0.05) is 24.0 Å². The monoisotopic (exact) mass is 340 g/mol. The van der Waals surface area contributed by atoms with E-state index in [9.17, 15) is 9.90 Å². The smallest absolute Gasteiger partial charge is 0.321 e. The maximum atomic E-state index is 12.2. The number of nitrogens with zero attached hydrogens (tertiary/aromatic N) is 1. The van der Waals surface area contributed by atoms with Gasteiger partial charge in [-0.05, 0) is 53.4 Å². The summed E-state index contributed by atoms with van der Waals surface area (Å²) in [5.74, 6) is 0.201. The normalized spacial score (nSPS) is 21.8. The van der Waals surface area contributed by atoms with Crippen LogP contribution in [0.1, 0.15) is 24.8 Å². The summed E-state index contributed by atoms with van der Waals surface area (Å²) < 4.78 is 0.875. The quantitative estimate of drug-likeness (QED) is 0.886. The Morgan fingerprint density at radius 3 is 2.85 bits per heavy atom. The maximum absolute atomic E-state index is 12.2. The van der Waals surface area contributed by atoms with Gasteiger partial charge in [0.15, 0.2) is 0 Å². The van der Waals surface area contributed by atoms with Crippen molar-refractivity contribution in [3.8, 4) is 0 Å². The number of aryl methyl sites for hydroxylation is 1. The first-order valence-corrected chi connectivity index (χ1v) is 7.73. The molecule has 4 nitrogen and oxygen atoms in total. The summed E-state index contributed by atoms with van der Waals surface area (Å²) in [6, 6.07) is 5.67. The van der Waals surface area contributed by atoms with Gasteiger partial charge in [-0.2, -0.15) is 0 Å². The lowest BCUT2D eigenvalue weighted by molar-refractivity contribution is 0.116. The minimum Gasteiger partial charge on any atom is -0.393 e. The van der Waals surface area contributed by atoms with Crippen molar-refractivity contribution in [2.45, 2.75) is 32.3 Å². The second kappa shape index (κ2) is 6.59. The number of amides is 2. The number of urea groups is 1. The Labute approximate surface area is 128 Å². The minimum absolute atomic E-state index is 0.145. The zero-order valence-corrected chi connectivity index (χ0v) is 13.5. The zero-order valence-electron chi connectivity index (χ0n) is 11.9. The zero-order chi connectivity index (χ0) is 14.7. The molecule has 1 aliphatic carbocycles. The molecule has 2 N–H and O–H groups in total. The first-order valence-electron chi connectivity index (χ1n) is 6.93. The molecule has 0 aromatic heterocycles. The molecule has 110 valence electrons. The number of rotatable bonds is 3. The van der Waals surface area contributed by atoms with Gasteiger partial charge in [0.25, 0.3) is 0 Å². The molecule has 2 rings (SSSR count). The van der Waals surface area contributed by atoms with Crippen molar-refractivity contribution in [2.75, 3.05) is 18.9 Å². The standard InChI is InChI=1S/C15H21BrN2O2/c1-10-6-7-13(12(16)8-10)17-15(20)18(2)9-11-4-3-5-14(11)19/h6-8,11,14,19H,3-5,9H2,1-2H3,(H,17,20). The SMILES string of the molecule is Cc1ccc(NC(=O)N(C)CC2CCCC2O)c(Br)c1. The van der Waals surface area contributed by atoms with E-state index in [0.717, 1.165) is 35.0 Å². The van der Waals surface area contributed by atoms with E-state index in [-0.39, 0.29) is 18.1 Å². The molecule has 1 saturated carbocycles. The van der Waals surface area contributed by atoms with Gasteiger partial charge in [0.05, 0.1) is 11.8 Å². The number of hydrogen-bond acceptors (Lipinski definition) is 2. The molecule has 1 aliphatic rings. The minimum atomic E-state index is -0.267. The van der Waals surface area contributed by atoms with Crippen molar-refractivity contribution in [2.24, 2.45) is 5.92 Å². The molecule has 1 aromatic carbocycles. The van der Waals surface area contributed by atoms with Crippen molar-refractivity contribution >= 4 is 27.6 Å². The Kier molecular flexibility index (Phi) is 5.05. The fourth-order valence-electron chi connectivity index (χ4n) is 2.60.